The van der Waals surface area contributed by atoms with Gasteiger partial charge in [0.25, 0.3) is 5.91 Å². The van der Waals surface area contributed by atoms with E-state index in [-0.39, 0.29) is 23.3 Å². The first-order valence-corrected chi connectivity index (χ1v) is 10.1. The molecule has 2 aromatic carbocycles. The van der Waals surface area contributed by atoms with Crippen LogP contribution in [0.5, 0.6) is 0 Å². The largest absolute Gasteiger partial charge is 0.420 e. The summed E-state index contributed by atoms with van der Waals surface area (Å²) in [6.07, 6.45) is 3.37. The van der Waals surface area contributed by atoms with E-state index < -0.39 is 0 Å². The Morgan fingerprint density at radius 2 is 1.81 bits per heavy atom. The first kappa shape index (κ1) is 20.6. The second kappa shape index (κ2) is 9.02. The summed E-state index contributed by atoms with van der Waals surface area (Å²) in [7, 11) is 0. The van der Waals surface area contributed by atoms with Crippen molar-refractivity contribution in [1.29, 1.82) is 5.26 Å². The Bertz CT molecular complexity index is 1160. The highest BCUT2D eigenvalue weighted by Gasteiger charge is 2.27. The van der Waals surface area contributed by atoms with Gasteiger partial charge in [-0.1, -0.05) is 35.9 Å². The van der Waals surface area contributed by atoms with Gasteiger partial charge in [-0.3, -0.25) is 4.79 Å². The molecule has 1 aliphatic heterocycles. The van der Waals surface area contributed by atoms with E-state index >= 15 is 0 Å². The molecule has 1 fully saturated rings. The van der Waals surface area contributed by atoms with E-state index in [0.29, 0.717) is 42.6 Å². The fourth-order valence-corrected chi connectivity index (χ4v) is 3.56. The number of aromatic nitrogens is 1. The Kier molecular flexibility index (Phi) is 6.01. The third-order valence-electron chi connectivity index (χ3n) is 4.98. The summed E-state index contributed by atoms with van der Waals surface area (Å²) in [6.45, 7) is 1.94. The van der Waals surface area contributed by atoms with Crippen LogP contribution in [-0.4, -0.2) is 42.0 Å². The van der Waals surface area contributed by atoms with Crippen molar-refractivity contribution in [3.63, 3.8) is 0 Å². The molecule has 0 unspecified atom stereocenters. The van der Waals surface area contributed by atoms with Gasteiger partial charge in [0, 0.05) is 32.3 Å². The zero-order valence-corrected chi connectivity index (χ0v) is 17.2. The van der Waals surface area contributed by atoms with Gasteiger partial charge in [0.1, 0.15) is 11.9 Å². The van der Waals surface area contributed by atoms with Crippen LogP contribution in [0.25, 0.3) is 12.2 Å². The highest BCUT2D eigenvalue weighted by molar-refractivity contribution is 6.33. The van der Waals surface area contributed by atoms with E-state index in [1.165, 1.54) is 12.1 Å². The van der Waals surface area contributed by atoms with Crippen molar-refractivity contribution >= 4 is 35.5 Å². The highest BCUT2D eigenvalue weighted by Crippen LogP contribution is 2.25. The van der Waals surface area contributed by atoms with Crippen molar-refractivity contribution in [2.75, 3.05) is 31.1 Å². The molecule has 156 valence electrons. The molecule has 4 rings (SSSR count). The minimum Gasteiger partial charge on any atom is -0.420 e. The normalized spacial score (nSPS) is 14.1. The maximum Gasteiger partial charge on any atom is 0.255 e. The summed E-state index contributed by atoms with van der Waals surface area (Å²) >= 11 is 6.14. The number of piperazine rings is 1. The van der Waals surface area contributed by atoms with Crippen LogP contribution in [0.15, 0.2) is 52.9 Å². The first-order chi connectivity index (χ1) is 15.0. The van der Waals surface area contributed by atoms with Gasteiger partial charge < -0.3 is 14.2 Å². The van der Waals surface area contributed by atoms with Crippen molar-refractivity contribution in [3.8, 4) is 6.07 Å². The molecule has 1 aliphatic rings. The van der Waals surface area contributed by atoms with Crippen LogP contribution in [0.4, 0.5) is 10.3 Å². The predicted octanol–water partition coefficient (Wildman–Crippen LogP) is 4.47. The summed E-state index contributed by atoms with van der Waals surface area (Å²) in [4.78, 5) is 20.6. The van der Waals surface area contributed by atoms with E-state index in [9.17, 15) is 14.4 Å². The van der Waals surface area contributed by atoms with Gasteiger partial charge in [-0.2, -0.15) is 10.2 Å². The van der Waals surface area contributed by atoms with Crippen LogP contribution >= 0.6 is 11.6 Å². The summed E-state index contributed by atoms with van der Waals surface area (Å²) in [5.41, 5.74) is 1.44. The number of hydrogen-bond acceptors (Lipinski definition) is 5. The molecule has 0 N–H and O–H groups in total. The van der Waals surface area contributed by atoms with Gasteiger partial charge in [0.05, 0.1) is 10.6 Å². The maximum atomic E-state index is 13.0. The number of halogens is 2. The highest BCUT2D eigenvalue weighted by atomic mass is 35.5. The zero-order valence-electron chi connectivity index (χ0n) is 16.5. The van der Waals surface area contributed by atoms with Crippen molar-refractivity contribution in [3.05, 3.63) is 82.1 Å². The molecule has 1 saturated heterocycles. The van der Waals surface area contributed by atoms with Gasteiger partial charge in [-0.15, -0.1) is 0 Å². The molecular weight excluding hydrogens is 419 g/mol. The summed E-state index contributed by atoms with van der Waals surface area (Å²) < 4.78 is 18.8. The number of rotatable bonds is 4. The molecule has 0 aliphatic carbocycles. The lowest BCUT2D eigenvalue weighted by Crippen LogP contribution is -2.49. The number of nitriles is 1. The van der Waals surface area contributed by atoms with Crippen LogP contribution in [0.1, 0.15) is 27.5 Å². The monoisotopic (exact) mass is 436 g/mol. The van der Waals surface area contributed by atoms with Crippen LogP contribution in [0.2, 0.25) is 5.02 Å². The lowest BCUT2D eigenvalue weighted by Gasteiger charge is -2.34. The third kappa shape index (κ3) is 4.60. The Morgan fingerprint density at radius 3 is 2.48 bits per heavy atom. The molecule has 0 saturated carbocycles. The number of amides is 1. The van der Waals surface area contributed by atoms with Gasteiger partial charge in [-0.25, -0.2) is 4.39 Å². The van der Waals surface area contributed by atoms with Gasteiger partial charge in [-0.05, 0) is 35.9 Å². The molecule has 2 heterocycles. The number of hydrogen-bond donors (Lipinski definition) is 0. The van der Waals surface area contributed by atoms with E-state index in [2.05, 4.69) is 11.1 Å². The van der Waals surface area contributed by atoms with Crippen LogP contribution < -0.4 is 4.90 Å². The third-order valence-corrected chi connectivity index (χ3v) is 5.31. The molecule has 31 heavy (non-hydrogen) atoms. The second-order valence-corrected chi connectivity index (χ2v) is 7.37. The summed E-state index contributed by atoms with van der Waals surface area (Å²) in [5, 5.41) is 9.88. The van der Waals surface area contributed by atoms with Crippen molar-refractivity contribution in [2.24, 2.45) is 0 Å². The minimum atomic E-state index is -0.311. The number of carbonyl (C=O) groups excluding carboxylic acids is 1. The SMILES string of the molecule is N#Cc1nc(C=Cc2ccc(F)cc2)oc1N1CCN(C(=O)c2ccccc2Cl)CC1. The van der Waals surface area contributed by atoms with Crippen LogP contribution in [0, 0.1) is 17.1 Å². The molecule has 0 radical (unpaired) electrons. The van der Waals surface area contributed by atoms with Gasteiger partial charge in [0.2, 0.25) is 17.5 Å². The molecule has 0 atom stereocenters. The lowest BCUT2D eigenvalue weighted by molar-refractivity contribution is 0.0745. The van der Waals surface area contributed by atoms with Crippen LogP contribution in [0.3, 0.4) is 0 Å². The number of nitrogens with zero attached hydrogens (tertiary/aromatic N) is 4. The molecule has 1 amide bonds. The average molecular weight is 437 g/mol. The molecule has 0 bridgehead atoms. The van der Waals surface area contributed by atoms with Crippen molar-refractivity contribution in [1.82, 2.24) is 9.88 Å². The van der Waals surface area contributed by atoms with Crippen molar-refractivity contribution < 1.29 is 13.6 Å². The first-order valence-electron chi connectivity index (χ1n) is 9.68. The maximum absolute atomic E-state index is 13.0. The Balaban J connectivity index is 1.45. The van der Waals surface area contributed by atoms with E-state index in [4.69, 9.17) is 16.0 Å². The van der Waals surface area contributed by atoms with E-state index in [1.54, 1.807) is 53.5 Å². The number of benzene rings is 2. The fourth-order valence-electron chi connectivity index (χ4n) is 3.35. The van der Waals surface area contributed by atoms with Gasteiger partial charge >= 0.3 is 0 Å². The summed E-state index contributed by atoms with van der Waals surface area (Å²) in [5.74, 6) is 0.234. The number of carbonyl (C=O) groups is 1. The fraction of sp³-hybridized carbons (Fsp3) is 0.174. The zero-order chi connectivity index (χ0) is 21.8. The van der Waals surface area contributed by atoms with Crippen molar-refractivity contribution in [2.45, 2.75) is 0 Å². The Morgan fingerprint density at radius 1 is 1.10 bits per heavy atom. The lowest BCUT2D eigenvalue weighted by atomic mass is 10.2. The average Bonchev–Trinajstić information content (AvgIpc) is 3.22. The number of anilines is 1. The molecule has 3 aromatic rings. The van der Waals surface area contributed by atoms with Gasteiger partial charge in [0.15, 0.2) is 0 Å². The molecule has 6 nitrogen and oxygen atoms in total. The van der Waals surface area contributed by atoms with E-state index in [0.717, 1.165) is 5.56 Å². The smallest absolute Gasteiger partial charge is 0.255 e. The molecule has 1 aromatic heterocycles. The Labute approximate surface area is 183 Å². The molecule has 8 heteroatoms. The topological polar surface area (TPSA) is 73.4 Å². The standard InChI is InChI=1S/C23H18ClFN4O2/c24-19-4-2-1-3-18(19)22(30)28-11-13-29(14-12-28)23-20(15-26)27-21(31-23)10-7-16-5-8-17(25)9-6-16/h1-10H,11-14H2. The molecule has 0 spiro atoms. The predicted molar refractivity (Wildman–Crippen MR) is 116 cm³/mol. The Hall–Kier alpha value is -3.63. The van der Waals surface area contributed by atoms with E-state index in [1.807, 2.05) is 4.90 Å². The second-order valence-electron chi connectivity index (χ2n) is 6.96. The minimum absolute atomic E-state index is 0.119. The van der Waals surface area contributed by atoms with Crippen LogP contribution in [-0.2, 0) is 0 Å². The quantitative estimate of drug-likeness (QED) is 0.603. The summed E-state index contributed by atoms with van der Waals surface area (Å²) in [6, 6.07) is 15.0. The number of oxazole rings is 1. The molecular formula is C23H18ClFN4O2.